The number of rotatable bonds is 4. The fraction of sp³-hybridized carbons (Fsp3) is 0.250. The Balaban J connectivity index is 2.10. The Morgan fingerprint density at radius 1 is 1.38 bits per heavy atom. The van der Waals surface area contributed by atoms with E-state index in [1.54, 1.807) is 6.07 Å². The molecule has 4 nitrogen and oxygen atoms in total. The SMILES string of the molecule is CC(C)n1cncc1Cn1cc(C=O)c2ccc(Cl)cc21. The fourth-order valence-electron chi connectivity index (χ4n) is 2.61. The predicted octanol–water partition coefficient (Wildman–Crippen LogP) is 3.93. The van der Waals surface area contributed by atoms with Crippen LogP contribution in [0, 0.1) is 0 Å². The van der Waals surface area contributed by atoms with Crippen LogP contribution in [0.25, 0.3) is 10.9 Å². The summed E-state index contributed by atoms with van der Waals surface area (Å²) < 4.78 is 4.16. The van der Waals surface area contributed by atoms with E-state index >= 15 is 0 Å². The molecule has 0 unspecified atom stereocenters. The number of hydrogen-bond acceptors (Lipinski definition) is 2. The monoisotopic (exact) mass is 301 g/mol. The molecule has 0 saturated carbocycles. The Labute approximate surface area is 128 Å². The Kier molecular flexibility index (Phi) is 3.55. The first-order valence-corrected chi connectivity index (χ1v) is 7.22. The maximum absolute atomic E-state index is 11.2. The zero-order chi connectivity index (χ0) is 15.0. The van der Waals surface area contributed by atoms with Crippen molar-refractivity contribution in [1.82, 2.24) is 14.1 Å². The van der Waals surface area contributed by atoms with Gasteiger partial charge in [-0.25, -0.2) is 4.98 Å². The van der Waals surface area contributed by atoms with E-state index in [-0.39, 0.29) is 0 Å². The molecule has 0 radical (unpaired) electrons. The molecular formula is C16H16ClN3O. The van der Waals surface area contributed by atoms with Gasteiger partial charge in [-0.05, 0) is 26.0 Å². The van der Waals surface area contributed by atoms with Crippen LogP contribution in [0.2, 0.25) is 5.02 Å². The van der Waals surface area contributed by atoms with Gasteiger partial charge in [-0.15, -0.1) is 0 Å². The molecule has 0 fully saturated rings. The number of aldehydes is 1. The standard InChI is InChI=1S/C16H16ClN3O/c1-11(2)20-10-18-6-14(20)8-19-7-12(9-21)15-4-3-13(17)5-16(15)19/h3-7,9-11H,8H2,1-2H3. The van der Waals surface area contributed by atoms with Crippen LogP contribution >= 0.6 is 11.6 Å². The number of aromatic nitrogens is 3. The highest BCUT2D eigenvalue weighted by molar-refractivity contribution is 6.31. The van der Waals surface area contributed by atoms with Crippen LogP contribution in [0.5, 0.6) is 0 Å². The van der Waals surface area contributed by atoms with E-state index < -0.39 is 0 Å². The van der Waals surface area contributed by atoms with Crippen molar-refractivity contribution in [2.75, 3.05) is 0 Å². The van der Waals surface area contributed by atoms with Crippen molar-refractivity contribution >= 4 is 28.8 Å². The summed E-state index contributed by atoms with van der Waals surface area (Å²) in [6.07, 6.45) is 6.44. The lowest BCUT2D eigenvalue weighted by Crippen LogP contribution is -2.08. The van der Waals surface area contributed by atoms with Crippen LogP contribution in [0.4, 0.5) is 0 Å². The highest BCUT2D eigenvalue weighted by Crippen LogP contribution is 2.25. The summed E-state index contributed by atoms with van der Waals surface area (Å²) in [5.74, 6) is 0. The molecular weight excluding hydrogens is 286 g/mol. The van der Waals surface area contributed by atoms with E-state index in [0.717, 1.165) is 22.9 Å². The summed E-state index contributed by atoms with van der Waals surface area (Å²) in [5.41, 5.74) is 2.73. The third kappa shape index (κ3) is 2.47. The molecule has 2 aromatic heterocycles. The minimum absolute atomic E-state index is 0.346. The van der Waals surface area contributed by atoms with Crippen LogP contribution in [-0.4, -0.2) is 20.4 Å². The van der Waals surface area contributed by atoms with E-state index in [1.165, 1.54) is 0 Å². The molecule has 0 spiro atoms. The van der Waals surface area contributed by atoms with E-state index in [4.69, 9.17) is 11.6 Å². The molecule has 21 heavy (non-hydrogen) atoms. The summed E-state index contributed by atoms with van der Waals surface area (Å²) in [6.45, 7) is 4.89. The molecule has 3 aromatic rings. The average Bonchev–Trinajstić information content (AvgIpc) is 3.04. The maximum Gasteiger partial charge on any atom is 0.152 e. The number of fused-ring (bicyclic) bond motifs is 1. The molecule has 0 aliphatic heterocycles. The summed E-state index contributed by atoms with van der Waals surface area (Å²) in [7, 11) is 0. The topological polar surface area (TPSA) is 39.8 Å². The second-order valence-electron chi connectivity index (χ2n) is 5.38. The number of halogens is 1. The van der Waals surface area contributed by atoms with Crippen LogP contribution < -0.4 is 0 Å². The summed E-state index contributed by atoms with van der Waals surface area (Å²) >= 11 is 6.09. The molecule has 5 heteroatoms. The highest BCUT2D eigenvalue weighted by Gasteiger charge is 2.11. The van der Waals surface area contributed by atoms with E-state index in [2.05, 4.69) is 23.4 Å². The Morgan fingerprint density at radius 2 is 2.19 bits per heavy atom. The summed E-state index contributed by atoms with van der Waals surface area (Å²) in [4.78, 5) is 15.5. The van der Waals surface area contributed by atoms with Gasteiger partial charge < -0.3 is 9.13 Å². The molecule has 0 atom stereocenters. The molecule has 0 amide bonds. The molecule has 0 N–H and O–H groups in total. The van der Waals surface area contributed by atoms with Crippen LogP contribution in [-0.2, 0) is 6.54 Å². The first kappa shape index (κ1) is 13.9. The minimum atomic E-state index is 0.346. The first-order valence-electron chi connectivity index (χ1n) is 6.84. The number of nitrogens with zero attached hydrogens (tertiary/aromatic N) is 3. The van der Waals surface area contributed by atoms with Gasteiger partial charge in [0.1, 0.15) is 0 Å². The first-order chi connectivity index (χ1) is 10.1. The molecule has 0 bridgehead atoms. The Bertz CT molecular complexity index is 801. The molecule has 3 rings (SSSR count). The largest absolute Gasteiger partial charge is 0.341 e. The van der Waals surface area contributed by atoms with Crippen LogP contribution in [0.3, 0.4) is 0 Å². The summed E-state index contributed by atoms with van der Waals surface area (Å²) in [5, 5.41) is 1.58. The smallest absolute Gasteiger partial charge is 0.152 e. The number of imidazole rings is 1. The number of carbonyl (C=O) groups excluding carboxylic acids is 1. The van der Waals surface area contributed by atoms with E-state index in [9.17, 15) is 4.79 Å². The quantitative estimate of drug-likeness (QED) is 0.685. The zero-order valence-corrected chi connectivity index (χ0v) is 12.7. The summed E-state index contributed by atoms with van der Waals surface area (Å²) in [6, 6.07) is 5.93. The van der Waals surface area contributed by atoms with E-state index in [1.807, 2.05) is 35.4 Å². The van der Waals surface area contributed by atoms with Gasteiger partial charge in [-0.1, -0.05) is 17.7 Å². The average molecular weight is 302 g/mol. The number of hydrogen-bond donors (Lipinski definition) is 0. The van der Waals surface area contributed by atoms with Crippen LogP contribution in [0.15, 0.2) is 36.9 Å². The van der Waals surface area contributed by atoms with Gasteiger partial charge in [0.15, 0.2) is 6.29 Å². The Morgan fingerprint density at radius 3 is 2.90 bits per heavy atom. The van der Waals surface area contributed by atoms with Gasteiger partial charge >= 0.3 is 0 Å². The molecule has 108 valence electrons. The molecule has 2 heterocycles. The normalized spacial score (nSPS) is 11.4. The van der Waals surface area contributed by atoms with Gasteiger partial charge in [0.05, 0.1) is 24.1 Å². The van der Waals surface area contributed by atoms with Crippen molar-refractivity contribution in [3.8, 4) is 0 Å². The van der Waals surface area contributed by atoms with Crippen molar-refractivity contribution in [2.45, 2.75) is 26.4 Å². The zero-order valence-electron chi connectivity index (χ0n) is 12.0. The van der Waals surface area contributed by atoms with Crippen molar-refractivity contribution in [3.63, 3.8) is 0 Å². The van der Waals surface area contributed by atoms with Crippen molar-refractivity contribution in [2.24, 2.45) is 0 Å². The second-order valence-corrected chi connectivity index (χ2v) is 5.81. The third-order valence-electron chi connectivity index (χ3n) is 3.64. The maximum atomic E-state index is 11.2. The lowest BCUT2D eigenvalue weighted by molar-refractivity contribution is 0.112. The number of benzene rings is 1. The molecule has 0 saturated heterocycles. The van der Waals surface area contributed by atoms with Gasteiger partial charge in [0.2, 0.25) is 0 Å². The lowest BCUT2D eigenvalue weighted by atomic mass is 10.2. The molecule has 0 aliphatic carbocycles. The Hall–Kier alpha value is -2.07. The van der Waals surface area contributed by atoms with Crippen molar-refractivity contribution in [3.05, 3.63) is 53.2 Å². The highest BCUT2D eigenvalue weighted by atomic mass is 35.5. The minimum Gasteiger partial charge on any atom is -0.341 e. The second kappa shape index (κ2) is 5.37. The lowest BCUT2D eigenvalue weighted by Gasteiger charge is -2.13. The van der Waals surface area contributed by atoms with Crippen molar-refractivity contribution < 1.29 is 4.79 Å². The van der Waals surface area contributed by atoms with Crippen LogP contribution in [0.1, 0.15) is 35.9 Å². The third-order valence-corrected chi connectivity index (χ3v) is 3.87. The van der Waals surface area contributed by atoms with Gasteiger partial charge in [-0.2, -0.15) is 0 Å². The predicted molar refractivity (Wildman–Crippen MR) is 84.0 cm³/mol. The van der Waals surface area contributed by atoms with Gasteiger partial charge in [0.25, 0.3) is 0 Å². The van der Waals surface area contributed by atoms with E-state index in [0.29, 0.717) is 23.2 Å². The fourth-order valence-corrected chi connectivity index (χ4v) is 2.78. The van der Waals surface area contributed by atoms with Gasteiger partial charge in [-0.3, -0.25) is 4.79 Å². The van der Waals surface area contributed by atoms with Crippen molar-refractivity contribution in [1.29, 1.82) is 0 Å². The number of carbonyl (C=O) groups is 1. The van der Waals surface area contributed by atoms with Gasteiger partial charge in [0, 0.05) is 34.4 Å². The molecule has 1 aromatic carbocycles. The molecule has 0 aliphatic rings.